The van der Waals surface area contributed by atoms with Crippen LogP contribution in [0.25, 0.3) is 0 Å². The predicted octanol–water partition coefficient (Wildman–Crippen LogP) is 3.47. The first-order valence-corrected chi connectivity index (χ1v) is 6.79. The standard InChI is InChI=1S/C16H16ClNO2/c17-14-7-4-8-15(11-14)18(12-16(19)20)10-9-13-5-2-1-3-6-13/h1-8,11H,9-10,12H2,(H,19,20). The second-order valence-electron chi connectivity index (χ2n) is 4.53. The molecule has 0 aromatic heterocycles. The van der Waals surface area contributed by atoms with Crippen molar-refractivity contribution in [3.8, 4) is 0 Å². The van der Waals surface area contributed by atoms with E-state index < -0.39 is 5.97 Å². The van der Waals surface area contributed by atoms with Gasteiger partial charge in [-0.2, -0.15) is 0 Å². The molecule has 20 heavy (non-hydrogen) atoms. The molecule has 0 saturated carbocycles. The first kappa shape index (κ1) is 14.4. The number of carboxylic acids is 1. The number of hydrogen-bond donors (Lipinski definition) is 1. The average molecular weight is 290 g/mol. The molecule has 2 aromatic rings. The van der Waals surface area contributed by atoms with Crippen LogP contribution in [0.2, 0.25) is 5.02 Å². The highest BCUT2D eigenvalue weighted by molar-refractivity contribution is 6.30. The van der Waals surface area contributed by atoms with Crippen molar-refractivity contribution in [3.05, 3.63) is 65.2 Å². The highest BCUT2D eigenvalue weighted by atomic mass is 35.5. The Morgan fingerprint density at radius 1 is 1.10 bits per heavy atom. The summed E-state index contributed by atoms with van der Waals surface area (Å²) in [5, 5.41) is 9.65. The van der Waals surface area contributed by atoms with Gasteiger partial charge in [0.1, 0.15) is 6.54 Å². The van der Waals surface area contributed by atoms with Gasteiger partial charge in [-0.1, -0.05) is 48.0 Å². The number of benzene rings is 2. The number of hydrogen-bond acceptors (Lipinski definition) is 2. The van der Waals surface area contributed by atoms with E-state index in [0.29, 0.717) is 11.6 Å². The summed E-state index contributed by atoms with van der Waals surface area (Å²) in [6.45, 7) is 0.601. The van der Waals surface area contributed by atoms with Crippen LogP contribution in [-0.2, 0) is 11.2 Å². The Labute approximate surface area is 123 Å². The molecule has 104 valence electrons. The quantitative estimate of drug-likeness (QED) is 0.885. The number of rotatable bonds is 6. The van der Waals surface area contributed by atoms with E-state index in [1.165, 1.54) is 5.56 Å². The Kier molecular flexibility index (Phi) is 5.02. The maximum atomic E-state index is 11.0. The van der Waals surface area contributed by atoms with E-state index in [2.05, 4.69) is 0 Å². The zero-order valence-corrected chi connectivity index (χ0v) is 11.8. The number of halogens is 1. The van der Waals surface area contributed by atoms with Crippen molar-refractivity contribution < 1.29 is 9.90 Å². The topological polar surface area (TPSA) is 40.5 Å². The van der Waals surface area contributed by atoms with Gasteiger partial charge >= 0.3 is 5.97 Å². The van der Waals surface area contributed by atoms with Gasteiger partial charge in [0.05, 0.1) is 0 Å². The van der Waals surface area contributed by atoms with Crippen molar-refractivity contribution in [2.45, 2.75) is 6.42 Å². The lowest BCUT2D eigenvalue weighted by Gasteiger charge is -2.23. The van der Waals surface area contributed by atoms with Crippen LogP contribution in [-0.4, -0.2) is 24.2 Å². The Morgan fingerprint density at radius 2 is 1.85 bits per heavy atom. The molecule has 0 bridgehead atoms. The minimum absolute atomic E-state index is 0.0345. The molecule has 4 heteroatoms. The maximum Gasteiger partial charge on any atom is 0.323 e. The number of carboxylic acid groups (broad SMARTS) is 1. The van der Waals surface area contributed by atoms with Crippen LogP contribution in [0.1, 0.15) is 5.56 Å². The molecule has 3 nitrogen and oxygen atoms in total. The van der Waals surface area contributed by atoms with E-state index in [0.717, 1.165) is 12.1 Å². The van der Waals surface area contributed by atoms with Crippen LogP contribution >= 0.6 is 11.6 Å². The molecule has 0 atom stereocenters. The van der Waals surface area contributed by atoms with E-state index in [4.69, 9.17) is 16.7 Å². The van der Waals surface area contributed by atoms with Gasteiger partial charge in [-0.05, 0) is 30.2 Å². The van der Waals surface area contributed by atoms with Gasteiger partial charge in [0.25, 0.3) is 0 Å². The lowest BCUT2D eigenvalue weighted by Crippen LogP contribution is -2.31. The zero-order chi connectivity index (χ0) is 14.4. The van der Waals surface area contributed by atoms with Gasteiger partial charge in [-0.25, -0.2) is 0 Å². The molecule has 0 fully saturated rings. The van der Waals surface area contributed by atoms with Gasteiger partial charge in [0.15, 0.2) is 0 Å². The van der Waals surface area contributed by atoms with Crippen molar-refractivity contribution in [2.24, 2.45) is 0 Å². The third-order valence-electron chi connectivity index (χ3n) is 3.01. The molecular weight excluding hydrogens is 274 g/mol. The van der Waals surface area contributed by atoms with Crippen molar-refractivity contribution in [2.75, 3.05) is 18.0 Å². The number of nitrogens with zero attached hydrogens (tertiary/aromatic N) is 1. The molecule has 0 unspecified atom stereocenters. The first-order chi connectivity index (χ1) is 9.65. The molecule has 1 N–H and O–H groups in total. The lowest BCUT2D eigenvalue weighted by molar-refractivity contribution is -0.135. The summed E-state index contributed by atoms with van der Waals surface area (Å²) in [5.41, 5.74) is 2.01. The fraction of sp³-hybridized carbons (Fsp3) is 0.188. The Hall–Kier alpha value is -2.00. The fourth-order valence-corrected chi connectivity index (χ4v) is 2.23. The number of anilines is 1. The fourth-order valence-electron chi connectivity index (χ4n) is 2.04. The van der Waals surface area contributed by atoms with Crippen LogP contribution in [0, 0.1) is 0 Å². The molecule has 0 aliphatic carbocycles. The Balaban J connectivity index is 2.09. The molecule has 0 spiro atoms. The molecule has 0 saturated heterocycles. The number of aliphatic carboxylic acids is 1. The van der Waals surface area contributed by atoms with Crippen molar-refractivity contribution in [1.82, 2.24) is 0 Å². The third-order valence-corrected chi connectivity index (χ3v) is 3.25. The second kappa shape index (κ2) is 6.96. The largest absolute Gasteiger partial charge is 0.480 e. The SMILES string of the molecule is O=C(O)CN(CCc1ccccc1)c1cccc(Cl)c1. The summed E-state index contributed by atoms with van der Waals surface area (Å²) >= 11 is 5.97. The van der Waals surface area contributed by atoms with Gasteiger partial charge < -0.3 is 10.0 Å². The number of carbonyl (C=O) groups is 1. The lowest BCUT2D eigenvalue weighted by atomic mass is 10.1. The minimum Gasteiger partial charge on any atom is -0.480 e. The van der Waals surface area contributed by atoms with Gasteiger partial charge in [0, 0.05) is 17.3 Å². The molecule has 0 aliphatic heterocycles. The van der Waals surface area contributed by atoms with Crippen molar-refractivity contribution >= 4 is 23.3 Å². The van der Waals surface area contributed by atoms with Gasteiger partial charge in [-0.3, -0.25) is 4.79 Å². The van der Waals surface area contributed by atoms with Gasteiger partial charge in [0.2, 0.25) is 0 Å². The highest BCUT2D eigenvalue weighted by Crippen LogP contribution is 2.19. The molecular formula is C16H16ClNO2. The van der Waals surface area contributed by atoms with E-state index >= 15 is 0 Å². The minimum atomic E-state index is -0.849. The molecule has 0 amide bonds. The summed E-state index contributed by atoms with van der Waals surface area (Å²) < 4.78 is 0. The van der Waals surface area contributed by atoms with Crippen molar-refractivity contribution in [1.29, 1.82) is 0 Å². The van der Waals surface area contributed by atoms with Crippen LogP contribution < -0.4 is 4.90 Å². The molecule has 0 radical (unpaired) electrons. The van der Waals surface area contributed by atoms with E-state index in [1.54, 1.807) is 12.1 Å². The molecule has 0 aliphatic rings. The summed E-state index contributed by atoms with van der Waals surface area (Å²) in [4.78, 5) is 12.8. The predicted molar refractivity (Wildman–Crippen MR) is 81.4 cm³/mol. The van der Waals surface area contributed by atoms with E-state index in [-0.39, 0.29) is 6.54 Å². The van der Waals surface area contributed by atoms with E-state index in [1.807, 2.05) is 47.4 Å². The molecule has 0 heterocycles. The molecule has 2 rings (SSSR count). The first-order valence-electron chi connectivity index (χ1n) is 6.41. The van der Waals surface area contributed by atoms with Crippen molar-refractivity contribution in [3.63, 3.8) is 0 Å². The highest BCUT2D eigenvalue weighted by Gasteiger charge is 2.11. The second-order valence-corrected chi connectivity index (χ2v) is 4.97. The summed E-state index contributed by atoms with van der Waals surface area (Å²) in [6, 6.07) is 17.3. The van der Waals surface area contributed by atoms with Crippen LogP contribution in [0.3, 0.4) is 0 Å². The Bertz CT molecular complexity index is 572. The van der Waals surface area contributed by atoms with Crippen LogP contribution in [0.4, 0.5) is 5.69 Å². The van der Waals surface area contributed by atoms with E-state index in [9.17, 15) is 4.79 Å². The third kappa shape index (κ3) is 4.28. The van der Waals surface area contributed by atoms with Crippen LogP contribution in [0.15, 0.2) is 54.6 Å². The average Bonchev–Trinajstić information content (AvgIpc) is 2.44. The van der Waals surface area contributed by atoms with Crippen LogP contribution in [0.5, 0.6) is 0 Å². The summed E-state index contributed by atoms with van der Waals surface area (Å²) in [7, 11) is 0. The zero-order valence-electron chi connectivity index (χ0n) is 11.0. The smallest absolute Gasteiger partial charge is 0.323 e. The Morgan fingerprint density at radius 3 is 2.50 bits per heavy atom. The maximum absolute atomic E-state index is 11.0. The molecule has 2 aromatic carbocycles. The monoisotopic (exact) mass is 289 g/mol. The summed E-state index contributed by atoms with van der Waals surface area (Å²) in [5.74, 6) is -0.849. The summed E-state index contributed by atoms with van der Waals surface area (Å²) in [6.07, 6.45) is 0.792. The van der Waals surface area contributed by atoms with Gasteiger partial charge in [-0.15, -0.1) is 0 Å². The normalized spacial score (nSPS) is 10.2.